The van der Waals surface area contributed by atoms with Gasteiger partial charge < -0.3 is 65.1 Å². The Morgan fingerprint density at radius 3 is 1.51 bits per heavy atom. The second kappa shape index (κ2) is 39.6. The number of rotatable bonds is 40. The summed E-state index contributed by atoms with van der Waals surface area (Å²) in [5.74, 6) is -0.249. The fourth-order valence-corrected chi connectivity index (χ4v) is 8.41. The predicted molar refractivity (Wildman–Crippen MR) is 263 cm³/mol. The lowest BCUT2D eigenvalue weighted by Crippen LogP contribution is -2.65. The first-order valence-electron chi connectivity index (χ1n) is 26.4. The first kappa shape index (κ1) is 61.1. The van der Waals surface area contributed by atoms with E-state index in [-0.39, 0.29) is 18.9 Å². The van der Waals surface area contributed by atoms with Gasteiger partial charge in [0.25, 0.3) is 0 Å². The minimum atomic E-state index is -1.79. The van der Waals surface area contributed by atoms with Crippen molar-refractivity contribution < 1.29 is 64.6 Å². The fraction of sp³-hybridized carbons (Fsp3) is 0.830. The van der Waals surface area contributed by atoms with Gasteiger partial charge in [0.15, 0.2) is 12.6 Å². The van der Waals surface area contributed by atoms with Crippen LogP contribution in [0.15, 0.2) is 48.6 Å². The maximum Gasteiger partial charge on any atom is 0.220 e. The standard InChI is InChI=1S/C53H95NO13/c1-3-5-7-9-11-13-14-15-16-17-18-19-20-21-22-23-24-25-26-27-28-29-31-33-35-37-45(58)54-41(42(57)36-34-32-30-12-10-8-6-4-2)40-64-52-50(63)48(61)51(44(39-56)66-52)67-53-49(62)47(60)46(59)43(38-55)65-53/h14-15,17-18,20-21,34,36,41-44,46-53,55-57,59-63H,3-13,16,19,22-33,35,37-40H2,1-2H3,(H,54,58)/b15-14-,18-17-,21-20-,36-34+. The number of nitrogens with one attached hydrogen (secondary N) is 1. The smallest absolute Gasteiger partial charge is 0.220 e. The van der Waals surface area contributed by atoms with E-state index in [1.807, 2.05) is 6.08 Å². The van der Waals surface area contributed by atoms with E-state index in [2.05, 4.69) is 55.6 Å². The van der Waals surface area contributed by atoms with Gasteiger partial charge in [0.2, 0.25) is 5.91 Å². The van der Waals surface area contributed by atoms with Gasteiger partial charge in [0.05, 0.1) is 32.0 Å². The van der Waals surface area contributed by atoms with Crippen molar-refractivity contribution >= 4 is 5.91 Å². The molecule has 0 bridgehead atoms. The zero-order valence-electron chi connectivity index (χ0n) is 41.4. The topological polar surface area (TPSA) is 228 Å². The Morgan fingerprint density at radius 2 is 0.985 bits per heavy atom. The van der Waals surface area contributed by atoms with Gasteiger partial charge in [0, 0.05) is 6.42 Å². The van der Waals surface area contributed by atoms with E-state index in [1.54, 1.807) is 6.08 Å². The van der Waals surface area contributed by atoms with E-state index in [4.69, 9.17) is 18.9 Å². The van der Waals surface area contributed by atoms with Gasteiger partial charge in [-0.2, -0.15) is 0 Å². The van der Waals surface area contributed by atoms with Gasteiger partial charge in [-0.25, -0.2) is 0 Å². The van der Waals surface area contributed by atoms with Crippen LogP contribution in [0.4, 0.5) is 0 Å². The molecule has 0 aromatic heterocycles. The highest BCUT2D eigenvalue weighted by molar-refractivity contribution is 5.76. The lowest BCUT2D eigenvalue weighted by Gasteiger charge is -2.46. The normalized spacial score (nSPS) is 27.0. The fourth-order valence-electron chi connectivity index (χ4n) is 8.41. The molecule has 67 heavy (non-hydrogen) atoms. The Labute approximate surface area is 403 Å². The van der Waals surface area contributed by atoms with E-state index in [0.717, 1.165) is 64.2 Å². The Balaban J connectivity index is 1.72. The molecule has 12 unspecified atom stereocenters. The molecule has 2 fully saturated rings. The molecule has 12 atom stereocenters. The lowest BCUT2D eigenvalue weighted by molar-refractivity contribution is -0.359. The lowest BCUT2D eigenvalue weighted by atomic mass is 9.97. The molecule has 2 heterocycles. The molecule has 0 radical (unpaired) electrons. The van der Waals surface area contributed by atoms with E-state index in [1.165, 1.54) is 96.3 Å². The number of carbonyl (C=O) groups excluding carboxylic acids is 1. The van der Waals surface area contributed by atoms with Gasteiger partial charge in [-0.3, -0.25) is 4.79 Å². The molecule has 1 amide bonds. The van der Waals surface area contributed by atoms with Crippen molar-refractivity contribution in [1.82, 2.24) is 5.32 Å². The van der Waals surface area contributed by atoms with Crippen LogP contribution in [0.3, 0.4) is 0 Å². The Kier molecular flexibility index (Phi) is 36.1. The maximum atomic E-state index is 13.1. The van der Waals surface area contributed by atoms with Crippen LogP contribution in [0.1, 0.15) is 187 Å². The van der Waals surface area contributed by atoms with Crippen molar-refractivity contribution in [2.75, 3.05) is 19.8 Å². The van der Waals surface area contributed by atoms with Crippen LogP contribution in [-0.2, 0) is 23.7 Å². The Bertz CT molecular complexity index is 1310. The van der Waals surface area contributed by atoms with Crippen LogP contribution in [0.2, 0.25) is 0 Å². The number of amides is 1. The molecule has 9 N–H and O–H groups in total. The third kappa shape index (κ3) is 26.7. The van der Waals surface area contributed by atoms with Gasteiger partial charge in [-0.05, 0) is 57.8 Å². The Morgan fingerprint density at radius 1 is 0.537 bits per heavy atom. The second-order valence-electron chi connectivity index (χ2n) is 18.6. The summed E-state index contributed by atoms with van der Waals surface area (Å²) in [5.41, 5.74) is 0. The largest absolute Gasteiger partial charge is 0.394 e. The molecule has 0 aliphatic carbocycles. The van der Waals surface area contributed by atoms with E-state index >= 15 is 0 Å². The minimum Gasteiger partial charge on any atom is -0.394 e. The molecule has 14 heteroatoms. The molecule has 2 rings (SSSR count). The van der Waals surface area contributed by atoms with Crippen LogP contribution >= 0.6 is 0 Å². The number of unbranched alkanes of at least 4 members (excludes halogenated alkanes) is 21. The summed E-state index contributed by atoms with van der Waals surface area (Å²) in [4.78, 5) is 13.1. The molecule has 0 spiro atoms. The van der Waals surface area contributed by atoms with Crippen LogP contribution in [0.5, 0.6) is 0 Å². The van der Waals surface area contributed by atoms with Gasteiger partial charge in [-0.1, -0.05) is 172 Å². The number of aliphatic hydroxyl groups is 8. The van der Waals surface area contributed by atoms with Crippen LogP contribution in [0, 0.1) is 0 Å². The third-order valence-corrected chi connectivity index (χ3v) is 12.8. The summed E-state index contributed by atoms with van der Waals surface area (Å²) in [5, 5.41) is 86.5. The molecule has 0 aromatic carbocycles. The van der Waals surface area contributed by atoms with Gasteiger partial charge in [0.1, 0.15) is 48.8 Å². The van der Waals surface area contributed by atoms with Gasteiger partial charge >= 0.3 is 0 Å². The summed E-state index contributed by atoms with van der Waals surface area (Å²) in [6, 6.07) is -0.915. The molecular formula is C53H95NO13. The van der Waals surface area contributed by atoms with E-state index < -0.39 is 86.8 Å². The maximum absolute atomic E-state index is 13.1. The first-order chi connectivity index (χ1) is 32.6. The molecule has 390 valence electrons. The quantitative estimate of drug-likeness (QED) is 0.0218. The third-order valence-electron chi connectivity index (χ3n) is 12.8. The highest BCUT2D eigenvalue weighted by Crippen LogP contribution is 2.30. The molecule has 0 saturated carbocycles. The number of aliphatic hydroxyl groups excluding tert-OH is 8. The molecule has 0 aromatic rings. The van der Waals surface area contributed by atoms with Crippen LogP contribution < -0.4 is 5.32 Å². The summed E-state index contributed by atoms with van der Waals surface area (Å²) < 4.78 is 22.6. The zero-order chi connectivity index (χ0) is 48.9. The molecule has 14 nitrogen and oxygen atoms in total. The average Bonchev–Trinajstić information content (AvgIpc) is 3.32. The van der Waals surface area contributed by atoms with Crippen LogP contribution in [0.25, 0.3) is 0 Å². The summed E-state index contributed by atoms with van der Waals surface area (Å²) in [6.07, 6.45) is 30.3. The van der Waals surface area contributed by atoms with Crippen molar-refractivity contribution in [3.05, 3.63) is 48.6 Å². The number of hydrogen-bond acceptors (Lipinski definition) is 13. The zero-order valence-corrected chi connectivity index (χ0v) is 41.4. The second-order valence-corrected chi connectivity index (χ2v) is 18.6. The summed E-state index contributed by atoms with van der Waals surface area (Å²) >= 11 is 0. The van der Waals surface area contributed by atoms with E-state index in [9.17, 15) is 45.6 Å². The summed E-state index contributed by atoms with van der Waals surface area (Å²) in [6.45, 7) is 2.71. The number of carbonyl (C=O) groups is 1. The summed E-state index contributed by atoms with van der Waals surface area (Å²) in [7, 11) is 0. The monoisotopic (exact) mass is 954 g/mol. The average molecular weight is 954 g/mol. The van der Waals surface area contributed by atoms with Crippen molar-refractivity contribution in [2.45, 2.75) is 261 Å². The van der Waals surface area contributed by atoms with Crippen LogP contribution in [-0.4, -0.2) is 140 Å². The minimum absolute atomic E-state index is 0.249. The van der Waals surface area contributed by atoms with Crippen molar-refractivity contribution in [3.8, 4) is 0 Å². The molecule has 2 saturated heterocycles. The molecular weight excluding hydrogens is 859 g/mol. The van der Waals surface area contributed by atoms with Crippen molar-refractivity contribution in [1.29, 1.82) is 0 Å². The van der Waals surface area contributed by atoms with E-state index in [0.29, 0.717) is 6.42 Å². The number of hydrogen-bond donors (Lipinski definition) is 9. The highest BCUT2D eigenvalue weighted by atomic mass is 16.7. The molecule has 2 aliphatic rings. The predicted octanol–water partition coefficient (Wildman–Crippen LogP) is 7.27. The first-order valence-corrected chi connectivity index (χ1v) is 26.4. The van der Waals surface area contributed by atoms with Gasteiger partial charge in [-0.15, -0.1) is 0 Å². The Hall–Kier alpha value is -2.05. The number of ether oxygens (including phenoxy) is 4. The molecule has 2 aliphatic heterocycles. The highest BCUT2D eigenvalue weighted by Gasteiger charge is 2.51. The van der Waals surface area contributed by atoms with Crippen molar-refractivity contribution in [3.63, 3.8) is 0 Å². The number of allylic oxidation sites excluding steroid dienone is 7. The van der Waals surface area contributed by atoms with Crippen molar-refractivity contribution in [2.24, 2.45) is 0 Å². The SMILES string of the molecule is CCCCCCC/C=C\C/C=C\C/C=C\CCCCCCCCCCCCC(=O)NC(COC1OC(CO)C(OC2OC(CO)C(O)C(O)C2O)C(O)C1O)C(O)/C=C/CCCCCCCC.